The third-order valence-electron chi connectivity index (χ3n) is 1.31. The lowest BCUT2D eigenvalue weighted by Crippen LogP contribution is -2.07. The predicted octanol–water partition coefficient (Wildman–Crippen LogP) is 1.12. The van der Waals surface area contributed by atoms with E-state index in [4.69, 9.17) is 5.73 Å². The summed E-state index contributed by atoms with van der Waals surface area (Å²) in [5.41, 5.74) is 5.38. The number of hydrogen-bond donors (Lipinski definition) is 1. The van der Waals surface area contributed by atoms with Gasteiger partial charge < -0.3 is 5.73 Å². The van der Waals surface area contributed by atoms with Crippen LogP contribution in [0.2, 0.25) is 0 Å². The number of rotatable bonds is 3. The van der Waals surface area contributed by atoms with Crippen molar-refractivity contribution >= 4 is 5.82 Å². The molecule has 11 heavy (non-hydrogen) atoms. The number of hydrogen-bond acceptors (Lipinski definition) is 2. The van der Waals surface area contributed by atoms with E-state index in [2.05, 4.69) is 5.10 Å². The van der Waals surface area contributed by atoms with Crippen LogP contribution in [0.15, 0.2) is 12.3 Å². The van der Waals surface area contributed by atoms with Gasteiger partial charge >= 0.3 is 0 Å². The molecule has 0 radical (unpaired) electrons. The van der Waals surface area contributed by atoms with E-state index in [1.54, 1.807) is 6.07 Å². The Kier molecular flexibility index (Phi) is 2.40. The minimum Gasteiger partial charge on any atom is -0.384 e. The van der Waals surface area contributed by atoms with Crippen LogP contribution in [-0.2, 0) is 6.54 Å². The molecule has 0 bridgehead atoms. The standard InChI is InChI=1S/C6H9F2N3/c7-5(8)2-4-11-6(9)1-3-10-11/h1,3,5H,2,4,9H2. The van der Waals surface area contributed by atoms with Gasteiger partial charge in [-0.05, 0) is 6.07 Å². The zero-order chi connectivity index (χ0) is 8.27. The fourth-order valence-electron chi connectivity index (χ4n) is 0.750. The first kappa shape index (κ1) is 7.97. The van der Waals surface area contributed by atoms with E-state index in [-0.39, 0.29) is 13.0 Å². The number of nitrogen functional groups attached to an aromatic ring is 1. The summed E-state index contributed by atoms with van der Waals surface area (Å²) in [6.45, 7) is 0.177. The number of anilines is 1. The van der Waals surface area contributed by atoms with Gasteiger partial charge in [0.2, 0.25) is 6.43 Å². The van der Waals surface area contributed by atoms with Gasteiger partial charge in [0.25, 0.3) is 0 Å². The normalized spacial score (nSPS) is 10.8. The van der Waals surface area contributed by atoms with Gasteiger partial charge in [-0.3, -0.25) is 0 Å². The third kappa shape index (κ3) is 2.18. The van der Waals surface area contributed by atoms with E-state index in [1.807, 2.05) is 0 Å². The van der Waals surface area contributed by atoms with E-state index < -0.39 is 6.43 Å². The van der Waals surface area contributed by atoms with Gasteiger partial charge in [-0.1, -0.05) is 0 Å². The van der Waals surface area contributed by atoms with Crippen LogP contribution in [0.1, 0.15) is 6.42 Å². The first-order valence-corrected chi connectivity index (χ1v) is 3.25. The van der Waals surface area contributed by atoms with Gasteiger partial charge in [0, 0.05) is 13.0 Å². The van der Waals surface area contributed by atoms with Gasteiger partial charge in [-0.15, -0.1) is 0 Å². The van der Waals surface area contributed by atoms with Crippen LogP contribution >= 0.6 is 0 Å². The molecule has 5 heteroatoms. The lowest BCUT2D eigenvalue weighted by molar-refractivity contribution is 0.130. The Morgan fingerprint density at radius 1 is 1.64 bits per heavy atom. The van der Waals surface area contributed by atoms with Gasteiger partial charge in [0.15, 0.2) is 0 Å². The quantitative estimate of drug-likeness (QED) is 0.721. The van der Waals surface area contributed by atoms with Crippen LogP contribution in [0.25, 0.3) is 0 Å². The van der Waals surface area contributed by atoms with Gasteiger partial charge in [0.1, 0.15) is 5.82 Å². The Morgan fingerprint density at radius 3 is 2.82 bits per heavy atom. The minimum atomic E-state index is -2.29. The number of aromatic nitrogens is 2. The molecule has 0 spiro atoms. The maximum atomic E-state index is 11.7. The Bertz CT molecular complexity index is 221. The van der Waals surface area contributed by atoms with E-state index in [0.29, 0.717) is 5.82 Å². The van der Waals surface area contributed by atoms with Gasteiger partial charge in [0.05, 0.1) is 6.20 Å². The van der Waals surface area contributed by atoms with E-state index in [9.17, 15) is 8.78 Å². The zero-order valence-corrected chi connectivity index (χ0v) is 5.87. The van der Waals surface area contributed by atoms with Gasteiger partial charge in [-0.25, -0.2) is 13.5 Å². The summed E-state index contributed by atoms with van der Waals surface area (Å²) >= 11 is 0. The number of alkyl halides is 2. The SMILES string of the molecule is Nc1ccnn1CCC(F)F. The molecule has 3 nitrogen and oxygen atoms in total. The molecule has 0 atom stereocenters. The molecule has 0 aliphatic heterocycles. The first-order valence-electron chi connectivity index (χ1n) is 3.25. The van der Waals surface area contributed by atoms with Crippen molar-refractivity contribution < 1.29 is 8.78 Å². The fraction of sp³-hybridized carbons (Fsp3) is 0.500. The van der Waals surface area contributed by atoms with E-state index >= 15 is 0 Å². The topological polar surface area (TPSA) is 43.8 Å². The Hall–Kier alpha value is -1.13. The Labute approximate surface area is 62.8 Å². The van der Waals surface area contributed by atoms with Crippen LogP contribution < -0.4 is 5.73 Å². The summed E-state index contributed by atoms with van der Waals surface area (Å²) in [6, 6.07) is 1.57. The number of aryl methyl sites for hydroxylation is 1. The summed E-state index contributed by atoms with van der Waals surface area (Å²) in [7, 11) is 0. The first-order chi connectivity index (χ1) is 5.20. The fourth-order valence-corrected chi connectivity index (χ4v) is 0.750. The molecule has 0 amide bonds. The zero-order valence-electron chi connectivity index (χ0n) is 5.87. The summed E-state index contributed by atoms with van der Waals surface area (Å²) in [4.78, 5) is 0. The largest absolute Gasteiger partial charge is 0.384 e. The summed E-state index contributed by atoms with van der Waals surface area (Å²) < 4.78 is 24.7. The molecule has 1 rings (SSSR count). The van der Waals surface area contributed by atoms with Crippen LogP contribution in [0.5, 0.6) is 0 Å². The van der Waals surface area contributed by atoms with Crippen LogP contribution in [0.4, 0.5) is 14.6 Å². The Morgan fingerprint density at radius 2 is 2.36 bits per heavy atom. The van der Waals surface area contributed by atoms with Crippen LogP contribution in [-0.4, -0.2) is 16.2 Å². The lowest BCUT2D eigenvalue weighted by Gasteiger charge is -2.01. The minimum absolute atomic E-state index is 0.177. The number of halogens is 2. The van der Waals surface area contributed by atoms with Crippen molar-refractivity contribution in [3.63, 3.8) is 0 Å². The second kappa shape index (κ2) is 3.32. The molecule has 0 saturated carbocycles. The molecule has 0 aliphatic carbocycles. The smallest absolute Gasteiger partial charge is 0.240 e. The van der Waals surface area contributed by atoms with Crippen molar-refractivity contribution in [3.05, 3.63) is 12.3 Å². The molecule has 62 valence electrons. The molecular weight excluding hydrogens is 152 g/mol. The molecule has 1 heterocycles. The highest BCUT2D eigenvalue weighted by atomic mass is 19.3. The molecule has 2 N–H and O–H groups in total. The van der Waals surface area contributed by atoms with Crippen molar-refractivity contribution in [1.29, 1.82) is 0 Å². The second-order valence-corrected chi connectivity index (χ2v) is 2.16. The van der Waals surface area contributed by atoms with Gasteiger partial charge in [-0.2, -0.15) is 5.10 Å². The molecule has 0 saturated heterocycles. The van der Waals surface area contributed by atoms with E-state index in [0.717, 1.165) is 0 Å². The van der Waals surface area contributed by atoms with Crippen molar-refractivity contribution in [1.82, 2.24) is 9.78 Å². The highest BCUT2D eigenvalue weighted by Crippen LogP contribution is 2.05. The summed E-state index contributed by atoms with van der Waals surface area (Å²) in [5.74, 6) is 0.422. The maximum absolute atomic E-state index is 11.7. The van der Waals surface area contributed by atoms with Crippen molar-refractivity contribution in [2.24, 2.45) is 0 Å². The molecule has 0 fully saturated rings. The number of nitrogens with zero attached hydrogens (tertiary/aromatic N) is 2. The second-order valence-electron chi connectivity index (χ2n) is 2.16. The molecule has 0 aromatic carbocycles. The van der Waals surface area contributed by atoms with Crippen molar-refractivity contribution in [3.8, 4) is 0 Å². The van der Waals surface area contributed by atoms with Crippen molar-refractivity contribution in [2.75, 3.05) is 5.73 Å². The molecule has 0 unspecified atom stereocenters. The Balaban J connectivity index is 2.44. The average molecular weight is 161 g/mol. The molecule has 0 aliphatic rings. The average Bonchev–Trinajstić information content (AvgIpc) is 2.31. The molecule has 1 aromatic heterocycles. The third-order valence-corrected chi connectivity index (χ3v) is 1.31. The monoisotopic (exact) mass is 161 g/mol. The molecule has 1 aromatic rings. The highest BCUT2D eigenvalue weighted by Gasteiger charge is 2.03. The van der Waals surface area contributed by atoms with Crippen LogP contribution in [0, 0.1) is 0 Å². The lowest BCUT2D eigenvalue weighted by atomic mass is 10.4. The van der Waals surface area contributed by atoms with Crippen molar-refractivity contribution in [2.45, 2.75) is 19.4 Å². The van der Waals surface area contributed by atoms with Crippen LogP contribution in [0.3, 0.4) is 0 Å². The van der Waals surface area contributed by atoms with E-state index in [1.165, 1.54) is 10.9 Å². The maximum Gasteiger partial charge on any atom is 0.240 e. The summed E-state index contributed by atoms with van der Waals surface area (Å²) in [6.07, 6.45) is -1.01. The highest BCUT2D eigenvalue weighted by molar-refractivity contribution is 5.25. The predicted molar refractivity (Wildman–Crippen MR) is 37.3 cm³/mol. The summed E-state index contributed by atoms with van der Waals surface area (Å²) in [5, 5.41) is 3.75. The number of nitrogens with two attached hydrogens (primary N) is 1. The molecular formula is C6H9F2N3.